The fourth-order valence-corrected chi connectivity index (χ4v) is 2.04. The van der Waals surface area contributed by atoms with Crippen LogP contribution in [0.5, 0.6) is 0 Å². The van der Waals surface area contributed by atoms with Crippen molar-refractivity contribution in [3.05, 3.63) is 52.3 Å². The van der Waals surface area contributed by atoms with Gasteiger partial charge in [0.1, 0.15) is 0 Å². The van der Waals surface area contributed by atoms with Gasteiger partial charge in [-0.1, -0.05) is 17.7 Å². The SMILES string of the molecule is Cc1cc(C)cc(Nc2c(N)ccc(Cl)c2F)c1. The predicted molar refractivity (Wildman–Crippen MR) is 75.0 cm³/mol. The number of hydrogen-bond donors (Lipinski definition) is 2. The number of nitrogen functional groups attached to an aromatic ring is 1. The van der Waals surface area contributed by atoms with Gasteiger partial charge in [0, 0.05) is 5.69 Å². The van der Waals surface area contributed by atoms with Crippen molar-refractivity contribution >= 4 is 28.7 Å². The molecule has 0 bridgehead atoms. The maximum Gasteiger partial charge on any atom is 0.167 e. The van der Waals surface area contributed by atoms with E-state index in [9.17, 15) is 4.39 Å². The van der Waals surface area contributed by atoms with Crippen LogP contribution >= 0.6 is 11.6 Å². The van der Waals surface area contributed by atoms with Crippen molar-refractivity contribution in [2.45, 2.75) is 13.8 Å². The van der Waals surface area contributed by atoms with Gasteiger partial charge in [-0.3, -0.25) is 0 Å². The van der Waals surface area contributed by atoms with Crippen molar-refractivity contribution in [1.29, 1.82) is 0 Å². The minimum atomic E-state index is -0.532. The summed E-state index contributed by atoms with van der Waals surface area (Å²) in [6.07, 6.45) is 0. The summed E-state index contributed by atoms with van der Waals surface area (Å²) in [7, 11) is 0. The van der Waals surface area contributed by atoms with Crippen LogP contribution in [0.25, 0.3) is 0 Å². The molecule has 3 N–H and O–H groups in total. The second-order valence-corrected chi connectivity index (χ2v) is 4.73. The van der Waals surface area contributed by atoms with E-state index in [0.717, 1.165) is 16.8 Å². The van der Waals surface area contributed by atoms with Crippen molar-refractivity contribution in [2.75, 3.05) is 11.1 Å². The monoisotopic (exact) mass is 264 g/mol. The van der Waals surface area contributed by atoms with Crippen molar-refractivity contribution < 1.29 is 4.39 Å². The zero-order valence-corrected chi connectivity index (χ0v) is 11.0. The van der Waals surface area contributed by atoms with Crippen LogP contribution in [0, 0.1) is 19.7 Å². The lowest BCUT2D eigenvalue weighted by atomic mass is 10.1. The van der Waals surface area contributed by atoms with Crippen LogP contribution in [0.4, 0.5) is 21.5 Å². The Hall–Kier alpha value is -1.74. The lowest BCUT2D eigenvalue weighted by Gasteiger charge is -2.12. The maximum absolute atomic E-state index is 13.9. The molecule has 0 saturated heterocycles. The van der Waals surface area contributed by atoms with Gasteiger partial charge in [0.2, 0.25) is 0 Å². The summed E-state index contributed by atoms with van der Waals surface area (Å²) in [4.78, 5) is 0. The number of halogens is 2. The van der Waals surface area contributed by atoms with Crippen LogP contribution in [0.1, 0.15) is 11.1 Å². The number of hydrogen-bond acceptors (Lipinski definition) is 2. The van der Waals surface area contributed by atoms with Crippen LogP contribution < -0.4 is 11.1 Å². The Morgan fingerprint density at radius 1 is 1.11 bits per heavy atom. The molecule has 0 aliphatic carbocycles. The molecule has 0 heterocycles. The second-order valence-electron chi connectivity index (χ2n) is 4.33. The van der Waals surface area contributed by atoms with E-state index in [1.807, 2.05) is 32.0 Å². The summed E-state index contributed by atoms with van der Waals surface area (Å²) < 4.78 is 13.9. The highest BCUT2D eigenvalue weighted by molar-refractivity contribution is 6.31. The smallest absolute Gasteiger partial charge is 0.167 e. The summed E-state index contributed by atoms with van der Waals surface area (Å²) in [5.74, 6) is -0.532. The first-order chi connectivity index (χ1) is 8.47. The predicted octanol–water partition coefficient (Wildman–Crippen LogP) is 4.42. The quantitative estimate of drug-likeness (QED) is 0.788. The first kappa shape index (κ1) is 12.7. The molecule has 2 aromatic carbocycles. The van der Waals surface area contributed by atoms with Gasteiger partial charge in [-0.25, -0.2) is 4.39 Å². The molecule has 0 radical (unpaired) electrons. The molecule has 0 amide bonds. The van der Waals surface area contributed by atoms with E-state index in [1.165, 1.54) is 6.07 Å². The number of rotatable bonds is 2. The van der Waals surface area contributed by atoms with Gasteiger partial charge in [0.05, 0.1) is 16.4 Å². The molecule has 0 atom stereocenters. The number of nitrogens with two attached hydrogens (primary N) is 1. The number of aryl methyl sites for hydroxylation is 2. The molecule has 0 aromatic heterocycles. The topological polar surface area (TPSA) is 38.0 Å². The molecule has 0 aliphatic heterocycles. The average molecular weight is 265 g/mol. The molecule has 4 heteroatoms. The largest absolute Gasteiger partial charge is 0.397 e. The van der Waals surface area contributed by atoms with Crippen molar-refractivity contribution in [1.82, 2.24) is 0 Å². The first-order valence-corrected chi connectivity index (χ1v) is 5.94. The molecule has 0 unspecified atom stereocenters. The minimum absolute atomic E-state index is 0.0519. The van der Waals surface area contributed by atoms with E-state index >= 15 is 0 Å². The van der Waals surface area contributed by atoms with Crippen LogP contribution in [-0.2, 0) is 0 Å². The Balaban J connectivity index is 2.42. The molecule has 0 aliphatic rings. The Morgan fingerprint density at radius 3 is 2.33 bits per heavy atom. The average Bonchev–Trinajstić information content (AvgIpc) is 2.28. The third-order valence-electron chi connectivity index (χ3n) is 2.62. The Kier molecular flexibility index (Phi) is 3.43. The highest BCUT2D eigenvalue weighted by Gasteiger charge is 2.11. The van der Waals surface area contributed by atoms with Crippen molar-refractivity contribution in [3.63, 3.8) is 0 Å². The second kappa shape index (κ2) is 4.86. The molecular formula is C14H14ClFN2. The Bertz CT molecular complexity index is 576. The third-order valence-corrected chi connectivity index (χ3v) is 2.91. The third kappa shape index (κ3) is 2.57. The molecule has 0 saturated carbocycles. The van der Waals surface area contributed by atoms with Gasteiger partial charge in [-0.15, -0.1) is 0 Å². The molecule has 2 nitrogen and oxygen atoms in total. The van der Waals surface area contributed by atoms with Gasteiger partial charge in [0.15, 0.2) is 5.82 Å². The lowest BCUT2D eigenvalue weighted by Crippen LogP contribution is -2.00. The number of anilines is 3. The molecule has 2 aromatic rings. The van der Waals surface area contributed by atoms with Gasteiger partial charge in [0.25, 0.3) is 0 Å². The van der Waals surface area contributed by atoms with Crippen molar-refractivity contribution in [3.8, 4) is 0 Å². The lowest BCUT2D eigenvalue weighted by molar-refractivity contribution is 0.633. The minimum Gasteiger partial charge on any atom is -0.397 e. The standard InChI is InChI=1S/C14H14ClFN2/c1-8-5-9(2)7-10(6-8)18-14-12(17)4-3-11(15)13(14)16/h3-7,18H,17H2,1-2H3. The summed E-state index contributed by atoms with van der Waals surface area (Å²) in [6, 6.07) is 8.91. The Labute approximate surface area is 111 Å². The van der Waals surface area contributed by atoms with Gasteiger partial charge < -0.3 is 11.1 Å². The molecule has 2 rings (SSSR count). The first-order valence-electron chi connectivity index (χ1n) is 5.56. The van der Waals surface area contributed by atoms with E-state index in [0.29, 0.717) is 5.69 Å². The fraction of sp³-hybridized carbons (Fsp3) is 0.143. The summed E-state index contributed by atoms with van der Waals surface area (Å²) in [6.45, 7) is 3.96. The highest BCUT2D eigenvalue weighted by Crippen LogP contribution is 2.31. The molecule has 0 spiro atoms. The van der Waals surface area contributed by atoms with Crippen LogP contribution in [0.3, 0.4) is 0 Å². The van der Waals surface area contributed by atoms with E-state index in [-0.39, 0.29) is 10.7 Å². The van der Waals surface area contributed by atoms with Gasteiger partial charge >= 0.3 is 0 Å². The van der Waals surface area contributed by atoms with Crippen LogP contribution in [-0.4, -0.2) is 0 Å². The molecule has 94 valence electrons. The summed E-state index contributed by atoms with van der Waals surface area (Å²) in [5, 5.41) is 3.03. The van der Waals surface area contributed by atoms with Crippen LogP contribution in [0.2, 0.25) is 5.02 Å². The maximum atomic E-state index is 13.9. The normalized spacial score (nSPS) is 10.4. The summed E-state index contributed by atoms with van der Waals surface area (Å²) >= 11 is 5.74. The van der Waals surface area contributed by atoms with Gasteiger partial charge in [-0.2, -0.15) is 0 Å². The Morgan fingerprint density at radius 2 is 1.72 bits per heavy atom. The van der Waals surface area contributed by atoms with E-state index in [2.05, 4.69) is 5.32 Å². The van der Waals surface area contributed by atoms with Gasteiger partial charge in [-0.05, 0) is 49.2 Å². The molecule has 0 fully saturated rings. The van der Waals surface area contributed by atoms with E-state index < -0.39 is 5.82 Å². The van der Waals surface area contributed by atoms with E-state index in [4.69, 9.17) is 17.3 Å². The number of nitrogens with one attached hydrogen (secondary N) is 1. The zero-order valence-electron chi connectivity index (χ0n) is 10.2. The highest BCUT2D eigenvalue weighted by atomic mass is 35.5. The fourth-order valence-electron chi connectivity index (χ4n) is 1.88. The number of benzene rings is 2. The van der Waals surface area contributed by atoms with Crippen LogP contribution in [0.15, 0.2) is 30.3 Å². The van der Waals surface area contributed by atoms with E-state index in [1.54, 1.807) is 6.07 Å². The molecular weight excluding hydrogens is 251 g/mol. The summed E-state index contributed by atoms with van der Waals surface area (Å²) in [5.41, 5.74) is 9.28. The van der Waals surface area contributed by atoms with Crippen molar-refractivity contribution in [2.24, 2.45) is 0 Å². The zero-order chi connectivity index (χ0) is 13.3. The molecule has 18 heavy (non-hydrogen) atoms.